The van der Waals surface area contributed by atoms with Gasteiger partial charge >= 0.3 is 5.97 Å². The molecule has 1 saturated carbocycles. The van der Waals surface area contributed by atoms with Crippen LogP contribution in [0.2, 0.25) is 5.15 Å². The molecule has 1 aliphatic rings. The minimum absolute atomic E-state index is 0.284. The molecule has 0 unspecified atom stereocenters. The summed E-state index contributed by atoms with van der Waals surface area (Å²) in [6, 6.07) is 3.55. The predicted octanol–water partition coefficient (Wildman–Crippen LogP) is 2.79. The fourth-order valence-electron chi connectivity index (χ4n) is 1.46. The van der Waals surface area contributed by atoms with Crippen LogP contribution in [-0.2, 0) is 4.74 Å². The molecule has 1 aliphatic carbocycles. The van der Waals surface area contributed by atoms with E-state index in [2.05, 4.69) is 4.98 Å². The van der Waals surface area contributed by atoms with Gasteiger partial charge in [-0.3, -0.25) is 0 Å². The van der Waals surface area contributed by atoms with Gasteiger partial charge in [0, 0.05) is 0 Å². The van der Waals surface area contributed by atoms with Crippen molar-refractivity contribution >= 4 is 17.6 Å². The Morgan fingerprint density at radius 2 is 2.33 bits per heavy atom. The largest absolute Gasteiger partial charge is 0.461 e. The van der Waals surface area contributed by atoms with E-state index in [0.717, 1.165) is 5.56 Å². The second-order valence-corrected chi connectivity index (χ2v) is 3.93. The number of carbonyl (C=O) groups excluding carboxylic acids is 1. The minimum Gasteiger partial charge on any atom is -0.461 e. The zero-order chi connectivity index (χ0) is 10.8. The molecule has 1 aromatic heterocycles. The van der Waals surface area contributed by atoms with Gasteiger partial charge in [0.1, 0.15) is 10.8 Å². The molecule has 0 atom stereocenters. The number of ether oxygens (including phenoxy) is 1. The molecule has 1 heterocycles. The maximum absolute atomic E-state index is 11.4. The SMILES string of the molecule is CCOC(=O)c1ccc(C2CC2)c(Cl)n1. The summed E-state index contributed by atoms with van der Waals surface area (Å²) in [4.78, 5) is 15.4. The monoisotopic (exact) mass is 225 g/mol. The molecule has 0 radical (unpaired) electrons. The van der Waals surface area contributed by atoms with E-state index in [-0.39, 0.29) is 5.69 Å². The van der Waals surface area contributed by atoms with E-state index in [0.29, 0.717) is 17.7 Å². The first-order valence-corrected chi connectivity index (χ1v) is 5.43. The third kappa shape index (κ3) is 2.29. The number of rotatable bonds is 3. The van der Waals surface area contributed by atoms with E-state index in [9.17, 15) is 4.79 Å². The number of halogens is 1. The summed E-state index contributed by atoms with van der Waals surface area (Å²) in [5.74, 6) is 0.128. The molecule has 15 heavy (non-hydrogen) atoms. The van der Waals surface area contributed by atoms with Crippen LogP contribution in [0.5, 0.6) is 0 Å². The zero-order valence-electron chi connectivity index (χ0n) is 8.50. The fourth-order valence-corrected chi connectivity index (χ4v) is 1.77. The summed E-state index contributed by atoms with van der Waals surface area (Å²) >= 11 is 5.99. The number of nitrogens with zero attached hydrogens (tertiary/aromatic N) is 1. The highest BCUT2D eigenvalue weighted by Gasteiger charge is 2.26. The number of hydrogen-bond donors (Lipinski definition) is 0. The second-order valence-electron chi connectivity index (χ2n) is 3.57. The van der Waals surface area contributed by atoms with Gasteiger partial charge in [-0.1, -0.05) is 17.7 Å². The Hall–Kier alpha value is -1.09. The van der Waals surface area contributed by atoms with Gasteiger partial charge in [-0.2, -0.15) is 0 Å². The van der Waals surface area contributed by atoms with E-state index in [1.165, 1.54) is 12.8 Å². The Morgan fingerprint density at radius 3 is 2.87 bits per heavy atom. The minimum atomic E-state index is -0.415. The van der Waals surface area contributed by atoms with Crippen LogP contribution in [0.15, 0.2) is 12.1 Å². The summed E-state index contributed by atoms with van der Waals surface area (Å²) < 4.78 is 4.84. The lowest BCUT2D eigenvalue weighted by Crippen LogP contribution is -2.07. The maximum Gasteiger partial charge on any atom is 0.356 e. The van der Waals surface area contributed by atoms with Gasteiger partial charge < -0.3 is 4.74 Å². The van der Waals surface area contributed by atoms with Crippen LogP contribution in [-0.4, -0.2) is 17.6 Å². The first-order chi connectivity index (χ1) is 7.22. The predicted molar refractivity (Wildman–Crippen MR) is 57.2 cm³/mol. The highest BCUT2D eigenvalue weighted by Crippen LogP contribution is 2.42. The van der Waals surface area contributed by atoms with Crippen LogP contribution in [0.25, 0.3) is 0 Å². The molecule has 1 aromatic rings. The molecule has 3 nitrogen and oxygen atoms in total. The van der Waals surface area contributed by atoms with Crippen LogP contribution >= 0.6 is 11.6 Å². The van der Waals surface area contributed by atoms with Crippen molar-refractivity contribution in [1.29, 1.82) is 0 Å². The average Bonchev–Trinajstić information content (AvgIpc) is 3.01. The van der Waals surface area contributed by atoms with E-state index >= 15 is 0 Å². The Kier molecular flexibility index (Phi) is 2.91. The second kappa shape index (κ2) is 4.19. The molecule has 0 spiro atoms. The van der Waals surface area contributed by atoms with Gasteiger partial charge in [0.15, 0.2) is 0 Å². The van der Waals surface area contributed by atoms with E-state index in [1.807, 2.05) is 6.07 Å². The van der Waals surface area contributed by atoms with Crippen molar-refractivity contribution in [1.82, 2.24) is 4.98 Å². The summed E-state index contributed by atoms with van der Waals surface area (Å²) in [7, 11) is 0. The first kappa shape index (κ1) is 10.4. The van der Waals surface area contributed by atoms with Crippen molar-refractivity contribution in [2.45, 2.75) is 25.7 Å². The third-order valence-electron chi connectivity index (χ3n) is 2.38. The Morgan fingerprint density at radius 1 is 1.60 bits per heavy atom. The molecule has 0 bridgehead atoms. The summed E-state index contributed by atoms with van der Waals surface area (Å²) in [6.45, 7) is 2.11. The highest BCUT2D eigenvalue weighted by atomic mass is 35.5. The Balaban J connectivity index is 2.20. The maximum atomic E-state index is 11.4. The zero-order valence-corrected chi connectivity index (χ0v) is 9.25. The molecular weight excluding hydrogens is 214 g/mol. The summed E-state index contributed by atoms with van der Waals surface area (Å²) in [5.41, 5.74) is 1.33. The molecule has 0 N–H and O–H groups in total. The third-order valence-corrected chi connectivity index (χ3v) is 2.68. The van der Waals surface area contributed by atoms with Crippen LogP contribution in [0.3, 0.4) is 0 Å². The Bertz CT molecular complexity index is 388. The van der Waals surface area contributed by atoms with Crippen molar-refractivity contribution in [3.05, 3.63) is 28.5 Å². The van der Waals surface area contributed by atoms with E-state index < -0.39 is 5.97 Å². The summed E-state index contributed by atoms with van der Waals surface area (Å²) in [6.07, 6.45) is 2.33. The standard InChI is InChI=1S/C11H12ClNO2/c1-2-15-11(14)9-6-5-8(7-3-4-7)10(12)13-9/h5-7H,2-4H2,1H3. The lowest BCUT2D eigenvalue weighted by atomic mass is 10.2. The van der Waals surface area contributed by atoms with Gasteiger partial charge in [-0.15, -0.1) is 0 Å². The molecule has 0 amide bonds. The van der Waals surface area contributed by atoms with Gasteiger partial charge in [-0.25, -0.2) is 9.78 Å². The normalized spacial score (nSPS) is 15.1. The molecule has 0 saturated heterocycles. The average molecular weight is 226 g/mol. The molecule has 4 heteroatoms. The quantitative estimate of drug-likeness (QED) is 0.587. The highest BCUT2D eigenvalue weighted by molar-refractivity contribution is 6.30. The summed E-state index contributed by atoms with van der Waals surface area (Å²) in [5, 5.41) is 0.433. The molecule has 0 aromatic carbocycles. The van der Waals surface area contributed by atoms with Gasteiger partial charge in [0.05, 0.1) is 6.61 Å². The number of hydrogen-bond acceptors (Lipinski definition) is 3. The van der Waals surface area contributed by atoms with Crippen LogP contribution < -0.4 is 0 Å². The van der Waals surface area contributed by atoms with Gasteiger partial charge in [0.25, 0.3) is 0 Å². The molecule has 80 valence electrons. The van der Waals surface area contributed by atoms with Gasteiger partial charge in [0.2, 0.25) is 0 Å². The van der Waals surface area contributed by atoms with Crippen LogP contribution in [0.1, 0.15) is 41.7 Å². The molecule has 0 aliphatic heterocycles. The van der Waals surface area contributed by atoms with Gasteiger partial charge in [-0.05, 0) is 37.3 Å². The fraction of sp³-hybridized carbons (Fsp3) is 0.455. The topological polar surface area (TPSA) is 39.2 Å². The van der Waals surface area contributed by atoms with E-state index in [4.69, 9.17) is 16.3 Å². The van der Waals surface area contributed by atoms with E-state index in [1.54, 1.807) is 13.0 Å². The number of carbonyl (C=O) groups is 1. The smallest absolute Gasteiger partial charge is 0.356 e. The van der Waals surface area contributed by atoms with Crippen molar-refractivity contribution < 1.29 is 9.53 Å². The van der Waals surface area contributed by atoms with Crippen LogP contribution in [0.4, 0.5) is 0 Å². The van der Waals surface area contributed by atoms with Crippen molar-refractivity contribution in [3.63, 3.8) is 0 Å². The number of pyridine rings is 1. The van der Waals surface area contributed by atoms with Crippen molar-refractivity contribution in [2.24, 2.45) is 0 Å². The molecule has 1 fully saturated rings. The first-order valence-electron chi connectivity index (χ1n) is 5.06. The lowest BCUT2D eigenvalue weighted by Gasteiger charge is -2.04. The van der Waals surface area contributed by atoms with Crippen molar-refractivity contribution in [3.8, 4) is 0 Å². The lowest BCUT2D eigenvalue weighted by molar-refractivity contribution is 0.0519. The number of esters is 1. The van der Waals surface area contributed by atoms with Crippen molar-refractivity contribution in [2.75, 3.05) is 6.61 Å². The van der Waals surface area contributed by atoms with Crippen LogP contribution in [0, 0.1) is 0 Å². The number of aromatic nitrogens is 1. The molecular formula is C11H12ClNO2. The molecule has 2 rings (SSSR count). The Labute approximate surface area is 93.4 Å².